The van der Waals surface area contributed by atoms with Gasteiger partial charge in [0, 0.05) is 0 Å². The molecule has 0 spiro atoms. The molecule has 8 aromatic rings. The van der Waals surface area contributed by atoms with Gasteiger partial charge in [0.2, 0.25) is 0 Å². The molecule has 424 valence electrons. The Morgan fingerprint density at radius 3 is 0.425 bits per heavy atom. The van der Waals surface area contributed by atoms with Crippen LogP contribution in [0.5, 0.6) is 0 Å². The zero-order chi connectivity index (χ0) is 59.9. The molecule has 0 saturated carbocycles. The van der Waals surface area contributed by atoms with Crippen molar-refractivity contribution in [1.29, 1.82) is 0 Å². The molecular formula is C80H104. The lowest BCUT2D eigenvalue weighted by Gasteiger charge is -2.21. The smallest absolute Gasteiger partial charge is 0.0132 e. The third kappa shape index (κ3) is 18.9. The molecule has 0 aliphatic carbocycles. The summed E-state index contributed by atoms with van der Waals surface area (Å²) in [6.45, 7) is 54.1. The van der Waals surface area contributed by atoms with Crippen LogP contribution in [0.4, 0.5) is 0 Å². The van der Waals surface area contributed by atoms with E-state index in [1.54, 1.807) is 0 Å². The molecule has 80 heavy (non-hydrogen) atoms. The van der Waals surface area contributed by atoms with E-state index in [0.29, 0.717) is 0 Å². The zero-order valence-electron chi connectivity index (χ0n) is 54.5. The second-order valence-corrected chi connectivity index (χ2v) is 30.6. The van der Waals surface area contributed by atoms with Crippen LogP contribution in [-0.4, -0.2) is 0 Å². The van der Waals surface area contributed by atoms with E-state index in [1.807, 2.05) is 0 Å². The van der Waals surface area contributed by atoms with E-state index in [4.69, 9.17) is 0 Å². The van der Waals surface area contributed by atoms with Crippen molar-refractivity contribution in [2.45, 2.75) is 209 Å². The molecule has 8 aromatic carbocycles. The first-order valence-corrected chi connectivity index (χ1v) is 29.6. The Bertz CT molecular complexity index is 2960. The van der Waals surface area contributed by atoms with Gasteiger partial charge in [0.15, 0.2) is 0 Å². The molecule has 0 saturated heterocycles. The molecule has 0 amide bonds. The van der Waals surface area contributed by atoms with Crippen molar-refractivity contribution in [2.75, 3.05) is 0 Å². The van der Waals surface area contributed by atoms with Crippen LogP contribution < -0.4 is 0 Å². The highest BCUT2D eigenvalue weighted by Crippen LogP contribution is 2.35. The second kappa shape index (κ2) is 25.3. The molecule has 0 heterocycles. The van der Waals surface area contributed by atoms with Gasteiger partial charge < -0.3 is 0 Å². The second-order valence-electron chi connectivity index (χ2n) is 30.6. The standard InChI is InChI=1S/4C20H26/c1-19(2,3)17-11-7-15(8-12-17)16-9-13-18(14-10-16)20(4,5)6;1-19(2,3)17-11-7-9-15(13-17)16-10-8-12-18(14-16)20(4,5)6;2*1-19(2,3)17-12-10-15(11-13-17)16-8-7-9-18(14-16)20(4,5)6/h4*7-14H,1-6H3. The lowest BCUT2D eigenvalue weighted by atomic mass is 9.83. The molecule has 0 aliphatic rings. The van der Waals surface area contributed by atoms with Gasteiger partial charge in [0.05, 0.1) is 0 Å². The van der Waals surface area contributed by atoms with E-state index in [2.05, 4.69) is 360 Å². The van der Waals surface area contributed by atoms with E-state index in [1.165, 1.54) is 89.0 Å². The van der Waals surface area contributed by atoms with Crippen molar-refractivity contribution in [3.8, 4) is 44.5 Å². The molecule has 0 N–H and O–H groups in total. The lowest BCUT2D eigenvalue weighted by molar-refractivity contribution is 0.589. The van der Waals surface area contributed by atoms with Crippen LogP contribution >= 0.6 is 0 Å². The van der Waals surface area contributed by atoms with Gasteiger partial charge in [0.1, 0.15) is 0 Å². The minimum Gasteiger partial charge on any atom is -0.0614 e. The summed E-state index contributed by atoms with van der Waals surface area (Å²) in [4.78, 5) is 0. The molecule has 0 bridgehead atoms. The molecule has 0 aliphatic heterocycles. The maximum Gasteiger partial charge on any atom is -0.0132 e. The monoisotopic (exact) mass is 1060 g/mol. The van der Waals surface area contributed by atoms with Gasteiger partial charge >= 0.3 is 0 Å². The topological polar surface area (TPSA) is 0 Å². The highest BCUT2D eigenvalue weighted by atomic mass is 14.3. The molecule has 0 aromatic heterocycles. The molecule has 8 rings (SSSR count). The highest BCUT2D eigenvalue weighted by molar-refractivity contribution is 5.68. The van der Waals surface area contributed by atoms with Crippen molar-refractivity contribution >= 4 is 0 Å². The summed E-state index contributed by atoms with van der Waals surface area (Å²) in [6, 6.07) is 71.4. The van der Waals surface area contributed by atoms with Gasteiger partial charge in [-0.25, -0.2) is 0 Å². The summed E-state index contributed by atoms with van der Waals surface area (Å²) in [5.41, 5.74) is 23.1. The Kier molecular flexibility index (Phi) is 20.4. The molecule has 0 unspecified atom stereocenters. The normalized spacial score (nSPS) is 12.5. The van der Waals surface area contributed by atoms with Gasteiger partial charge in [-0.1, -0.05) is 360 Å². The van der Waals surface area contributed by atoms with E-state index in [-0.39, 0.29) is 43.3 Å². The van der Waals surface area contributed by atoms with Crippen LogP contribution in [0.15, 0.2) is 194 Å². The van der Waals surface area contributed by atoms with E-state index in [0.717, 1.165) is 0 Å². The van der Waals surface area contributed by atoms with Gasteiger partial charge in [-0.3, -0.25) is 0 Å². The summed E-state index contributed by atoms with van der Waals surface area (Å²) in [5.74, 6) is 0. The number of hydrogen-bond donors (Lipinski definition) is 0. The quantitative estimate of drug-likeness (QED) is 0.165. The van der Waals surface area contributed by atoms with E-state index in [9.17, 15) is 0 Å². The summed E-state index contributed by atoms with van der Waals surface area (Å²) in [6.07, 6.45) is 0. The molecular weight excluding hydrogens is 961 g/mol. The van der Waals surface area contributed by atoms with Crippen LogP contribution in [0.3, 0.4) is 0 Å². The fourth-order valence-electron chi connectivity index (χ4n) is 9.31. The van der Waals surface area contributed by atoms with Crippen LogP contribution in [-0.2, 0) is 43.3 Å². The number of benzene rings is 8. The van der Waals surface area contributed by atoms with Crippen LogP contribution in [0, 0.1) is 0 Å². The van der Waals surface area contributed by atoms with Crippen molar-refractivity contribution < 1.29 is 0 Å². The number of hydrogen-bond acceptors (Lipinski definition) is 0. The average molecular weight is 1070 g/mol. The number of rotatable bonds is 4. The predicted octanol–water partition coefficient (Wildman–Crippen LogP) is 23.8. The van der Waals surface area contributed by atoms with Crippen molar-refractivity contribution in [3.05, 3.63) is 239 Å². The van der Waals surface area contributed by atoms with Crippen LogP contribution in [0.2, 0.25) is 0 Å². The van der Waals surface area contributed by atoms with Crippen molar-refractivity contribution in [3.63, 3.8) is 0 Å². The Balaban J connectivity index is 0.000000196. The van der Waals surface area contributed by atoms with Gasteiger partial charge in [0.25, 0.3) is 0 Å². The van der Waals surface area contributed by atoms with Crippen molar-refractivity contribution in [1.82, 2.24) is 0 Å². The molecule has 0 nitrogen and oxygen atoms in total. The minimum atomic E-state index is 0.192. The van der Waals surface area contributed by atoms with E-state index < -0.39 is 0 Å². The molecule has 0 atom stereocenters. The Hall–Kier alpha value is -6.24. The lowest BCUT2D eigenvalue weighted by Crippen LogP contribution is -2.11. The third-order valence-corrected chi connectivity index (χ3v) is 15.3. The van der Waals surface area contributed by atoms with Gasteiger partial charge in [-0.15, -0.1) is 0 Å². The SMILES string of the molecule is CC(C)(C)c1ccc(-c2ccc(C(C)(C)C)cc2)cc1.CC(C)(C)c1ccc(-c2cccc(C(C)(C)C)c2)cc1.CC(C)(C)c1ccc(-c2cccc(C(C)(C)C)c2)cc1.CC(C)(C)c1cccc(-c2cccc(C(C)(C)C)c2)c1. The fourth-order valence-corrected chi connectivity index (χ4v) is 9.31. The fraction of sp³-hybridized carbons (Fsp3) is 0.400. The van der Waals surface area contributed by atoms with Crippen LogP contribution in [0.1, 0.15) is 211 Å². The molecule has 0 heteroatoms. The van der Waals surface area contributed by atoms with Gasteiger partial charge in [-0.2, -0.15) is 0 Å². The first-order chi connectivity index (χ1) is 36.7. The summed E-state index contributed by atoms with van der Waals surface area (Å²) < 4.78 is 0. The highest BCUT2D eigenvalue weighted by Gasteiger charge is 2.20. The summed E-state index contributed by atoms with van der Waals surface area (Å²) >= 11 is 0. The maximum absolute atomic E-state index is 2.32. The zero-order valence-corrected chi connectivity index (χ0v) is 54.5. The van der Waals surface area contributed by atoms with Gasteiger partial charge in [-0.05, 0) is 132 Å². The average Bonchev–Trinajstić information content (AvgIpc) is 3.37. The third-order valence-electron chi connectivity index (χ3n) is 15.3. The summed E-state index contributed by atoms with van der Waals surface area (Å²) in [5, 5.41) is 0. The first-order valence-electron chi connectivity index (χ1n) is 29.6. The summed E-state index contributed by atoms with van der Waals surface area (Å²) in [7, 11) is 0. The van der Waals surface area contributed by atoms with Crippen molar-refractivity contribution in [2.24, 2.45) is 0 Å². The largest absolute Gasteiger partial charge is 0.0614 e. The molecule has 0 fully saturated rings. The Labute approximate surface area is 490 Å². The Morgan fingerprint density at radius 2 is 0.275 bits per heavy atom. The van der Waals surface area contributed by atoms with E-state index >= 15 is 0 Å². The maximum atomic E-state index is 2.32. The predicted molar refractivity (Wildman–Crippen MR) is 357 cm³/mol. The minimum absolute atomic E-state index is 0.192. The molecule has 0 radical (unpaired) electrons. The Morgan fingerprint density at radius 1 is 0.138 bits per heavy atom. The first kappa shape index (κ1) is 64.6. The van der Waals surface area contributed by atoms with Crippen LogP contribution in [0.25, 0.3) is 44.5 Å².